The normalized spacial score (nSPS) is 13.9. The molecule has 2 N–H and O–H groups in total. The minimum Gasteiger partial charge on any atom is -0.490 e. The summed E-state index contributed by atoms with van der Waals surface area (Å²) < 4.78 is 23.8. The zero-order chi connectivity index (χ0) is 25.6. The van der Waals surface area contributed by atoms with Gasteiger partial charge in [-0.25, -0.2) is 0 Å². The Morgan fingerprint density at radius 3 is 2.54 bits per heavy atom. The first-order valence-corrected chi connectivity index (χ1v) is 12.5. The van der Waals surface area contributed by atoms with Gasteiger partial charge in [0.25, 0.3) is 0 Å². The molecule has 1 fully saturated rings. The molecule has 3 aromatic carbocycles. The van der Waals surface area contributed by atoms with E-state index in [1.54, 1.807) is 0 Å². The van der Waals surface area contributed by atoms with Gasteiger partial charge in [0.15, 0.2) is 0 Å². The maximum atomic E-state index is 11.8. The zero-order valence-corrected chi connectivity index (χ0v) is 21.1. The molecule has 1 aliphatic heterocycles. The molecule has 0 radical (unpaired) electrons. The quantitative estimate of drug-likeness (QED) is 0.294. The van der Waals surface area contributed by atoms with Crippen LogP contribution in [0.2, 0.25) is 0 Å². The second kappa shape index (κ2) is 11.3. The molecule has 0 spiro atoms. The Bertz CT molecular complexity index is 1360. The van der Waals surface area contributed by atoms with E-state index in [9.17, 15) is 4.79 Å². The maximum Gasteiger partial charge on any atom is 0.221 e. The third-order valence-electron chi connectivity index (χ3n) is 6.25. The number of aromatic amines is 1. The van der Waals surface area contributed by atoms with Gasteiger partial charge < -0.3 is 24.3 Å². The van der Waals surface area contributed by atoms with Crippen molar-refractivity contribution in [1.82, 2.24) is 10.2 Å². The number of fused-ring (bicyclic) bond motifs is 1. The third-order valence-corrected chi connectivity index (χ3v) is 6.25. The maximum absolute atomic E-state index is 11.8. The van der Waals surface area contributed by atoms with Crippen molar-refractivity contribution < 1.29 is 23.7 Å². The Kier molecular flexibility index (Phi) is 7.56. The molecule has 1 aromatic heterocycles. The standard InChI is InChI=1S/C29H31N3O5/c1-19-29-26(32-31-19)16-22(18-28(29)37-24-10-12-34-13-11-24)21-8-9-25(30-20(2)33)27(17-21)36-15-14-35-23-6-4-3-5-7-23/h3-9,16-18,24H,10-15H2,1-2H3,(H,30,33)(H,31,32). The number of carbonyl (C=O) groups excluding carboxylic acids is 1. The molecule has 8 nitrogen and oxygen atoms in total. The van der Waals surface area contributed by atoms with Gasteiger partial charge in [-0.2, -0.15) is 5.10 Å². The lowest BCUT2D eigenvalue weighted by Gasteiger charge is -2.24. The van der Waals surface area contributed by atoms with E-state index in [1.165, 1.54) is 6.92 Å². The third kappa shape index (κ3) is 6.03. The van der Waals surface area contributed by atoms with Crippen molar-refractivity contribution in [1.29, 1.82) is 0 Å². The lowest BCUT2D eigenvalue weighted by Crippen LogP contribution is -2.25. The van der Waals surface area contributed by atoms with Gasteiger partial charge in [0.05, 0.1) is 35.5 Å². The topological polar surface area (TPSA) is 94.7 Å². The van der Waals surface area contributed by atoms with Crippen LogP contribution in [0.15, 0.2) is 60.7 Å². The average Bonchev–Trinajstić information content (AvgIpc) is 3.29. The number of rotatable bonds is 9. The van der Waals surface area contributed by atoms with Crippen molar-refractivity contribution in [2.45, 2.75) is 32.8 Å². The van der Waals surface area contributed by atoms with E-state index in [1.807, 2.05) is 55.5 Å². The lowest BCUT2D eigenvalue weighted by atomic mass is 10.0. The molecule has 0 saturated carbocycles. The van der Waals surface area contributed by atoms with Crippen LogP contribution in [0.3, 0.4) is 0 Å². The monoisotopic (exact) mass is 501 g/mol. The molecule has 4 aromatic rings. The molecule has 0 aliphatic carbocycles. The van der Waals surface area contributed by atoms with E-state index in [0.29, 0.717) is 37.9 Å². The zero-order valence-electron chi connectivity index (χ0n) is 21.1. The van der Waals surface area contributed by atoms with Crippen molar-refractivity contribution in [2.75, 3.05) is 31.7 Å². The Labute approximate surface area is 215 Å². The predicted octanol–water partition coefficient (Wildman–Crippen LogP) is 5.51. The fourth-order valence-electron chi connectivity index (χ4n) is 4.45. The fourth-order valence-corrected chi connectivity index (χ4v) is 4.45. The molecular weight excluding hydrogens is 470 g/mol. The van der Waals surface area contributed by atoms with E-state index in [4.69, 9.17) is 18.9 Å². The van der Waals surface area contributed by atoms with Crippen LogP contribution in [-0.4, -0.2) is 48.6 Å². The van der Waals surface area contributed by atoms with E-state index >= 15 is 0 Å². The molecule has 0 bridgehead atoms. The minimum absolute atomic E-state index is 0.104. The number of aromatic nitrogens is 2. The minimum atomic E-state index is -0.167. The first kappa shape index (κ1) is 24.6. The average molecular weight is 502 g/mol. The number of nitrogens with zero attached hydrogens (tertiary/aromatic N) is 1. The van der Waals surface area contributed by atoms with Crippen LogP contribution in [0.25, 0.3) is 22.0 Å². The summed E-state index contributed by atoms with van der Waals surface area (Å²) in [5.41, 5.74) is 4.29. The first-order chi connectivity index (χ1) is 18.1. The van der Waals surface area contributed by atoms with Crippen molar-refractivity contribution in [3.8, 4) is 28.4 Å². The molecule has 1 saturated heterocycles. The van der Waals surface area contributed by atoms with Crippen LogP contribution in [0.1, 0.15) is 25.5 Å². The van der Waals surface area contributed by atoms with Crippen molar-refractivity contribution in [3.05, 3.63) is 66.4 Å². The number of nitrogens with one attached hydrogen (secondary N) is 2. The summed E-state index contributed by atoms with van der Waals surface area (Å²) in [5.74, 6) is 1.98. The highest BCUT2D eigenvalue weighted by molar-refractivity contribution is 5.94. The molecule has 1 amide bonds. The molecule has 5 rings (SSSR count). The van der Waals surface area contributed by atoms with Gasteiger partial charge in [0, 0.05) is 19.8 Å². The lowest BCUT2D eigenvalue weighted by molar-refractivity contribution is -0.114. The number of H-pyrrole nitrogens is 1. The highest BCUT2D eigenvalue weighted by atomic mass is 16.5. The van der Waals surface area contributed by atoms with Gasteiger partial charge in [-0.3, -0.25) is 9.89 Å². The van der Waals surface area contributed by atoms with Crippen molar-refractivity contribution >= 4 is 22.5 Å². The summed E-state index contributed by atoms with van der Waals surface area (Å²) in [6.45, 7) is 5.55. The van der Waals surface area contributed by atoms with Crippen molar-refractivity contribution in [2.24, 2.45) is 0 Å². The van der Waals surface area contributed by atoms with Gasteiger partial charge in [-0.15, -0.1) is 0 Å². The van der Waals surface area contributed by atoms with E-state index in [0.717, 1.165) is 52.1 Å². The summed E-state index contributed by atoms with van der Waals surface area (Å²) in [7, 11) is 0. The Morgan fingerprint density at radius 1 is 1.00 bits per heavy atom. The molecular formula is C29H31N3O5. The summed E-state index contributed by atoms with van der Waals surface area (Å²) >= 11 is 0. The number of ether oxygens (including phenoxy) is 4. The van der Waals surface area contributed by atoms with Crippen LogP contribution in [0.4, 0.5) is 5.69 Å². The van der Waals surface area contributed by atoms with Gasteiger partial charge in [0.1, 0.15) is 36.6 Å². The number of carbonyl (C=O) groups is 1. The Balaban J connectivity index is 1.41. The SMILES string of the molecule is CC(=O)Nc1ccc(-c2cc(OC3CCOCC3)c3c(C)n[nH]c3c2)cc1OCCOc1ccccc1. The van der Waals surface area contributed by atoms with E-state index in [2.05, 4.69) is 27.6 Å². The molecule has 0 atom stereocenters. The highest BCUT2D eigenvalue weighted by Gasteiger charge is 2.19. The summed E-state index contributed by atoms with van der Waals surface area (Å²) in [5, 5.41) is 11.4. The predicted molar refractivity (Wildman–Crippen MR) is 142 cm³/mol. The second-order valence-electron chi connectivity index (χ2n) is 9.04. The van der Waals surface area contributed by atoms with Crippen LogP contribution in [0, 0.1) is 6.92 Å². The number of anilines is 1. The van der Waals surface area contributed by atoms with Crippen LogP contribution in [-0.2, 0) is 9.53 Å². The fraction of sp³-hybridized carbons (Fsp3) is 0.310. The number of aryl methyl sites for hydroxylation is 1. The molecule has 192 valence electrons. The number of hydrogen-bond acceptors (Lipinski definition) is 6. The molecule has 1 aliphatic rings. The van der Waals surface area contributed by atoms with E-state index < -0.39 is 0 Å². The molecule has 8 heteroatoms. The van der Waals surface area contributed by atoms with Crippen LogP contribution in [0.5, 0.6) is 17.2 Å². The largest absolute Gasteiger partial charge is 0.490 e. The first-order valence-electron chi connectivity index (χ1n) is 12.5. The van der Waals surface area contributed by atoms with Gasteiger partial charge in [0.2, 0.25) is 5.91 Å². The Hall–Kier alpha value is -4.04. The number of para-hydroxylation sites is 1. The Morgan fingerprint density at radius 2 is 1.76 bits per heavy atom. The highest BCUT2D eigenvalue weighted by Crippen LogP contribution is 2.37. The number of amides is 1. The smallest absolute Gasteiger partial charge is 0.221 e. The van der Waals surface area contributed by atoms with Crippen molar-refractivity contribution in [3.63, 3.8) is 0 Å². The van der Waals surface area contributed by atoms with E-state index in [-0.39, 0.29) is 12.0 Å². The number of benzene rings is 3. The summed E-state index contributed by atoms with van der Waals surface area (Å²) in [6.07, 6.45) is 1.82. The van der Waals surface area contributed by atoms with Gasteiger partial charge in [-0.05, 0) is 54.4 Å². The number of hydrogen-bond donors (Lipinski definition) is 2. The van der Waals surface area contributed by atoms with Gasteiger partial charge >= 0.3 is 0 Å². The summed E-state index contributed by atoms with van der Waals surface area (Å²) in [6, 6.07) is 19.4. The molecule has 2 heterocycles. The second-order valence-corrected chi connectivity index (χ2v) is 9.04. The molecule has 37 heavy (non-hydrogen) atoms. The molecule has 0 unspecified atom stereocenters. The van der Waals surface area contributed by atoms with Crippen LogP contribution < -0.4 is 19.5 Å². The van der Waals surface area contributed by atoms with Crippen LogP contribution >= 0.6 is 0 Å². The summed E-state index contributed by atoms with van der Waals surface area (Å²) in [4.78, 5) is 11.8. The van der Waals surface area contributed by atoms with Gasteiger partial charge in [-0.1, -0.05) is 24.3 Å².